The number of nitrogens with one attached hydrogen (secondary N) is 1. The third-order valence-electron chi connectivity index (χ3n) is 4.57. The minimum atomic E-state index is -4.05. The standard InChI is InChI=1S/C22H19Cl2NO7S2/c23-15-1-5-18(6-2-15)32-19-7-11-21(12-8-19)34(30,31)14-17(25-22(26)27)13-33(28,29)20-9-3-16(24)4-10-20/h1-12,17,25H,13-14H2,(H,26,27). The number of hydrogen-bond acceptors (Lipinski definition) is 6. The summed E-state index contributed by atoms with van der Waals surface area (Å²) in [5, 5.41) is 12.0. The van der Waals surface area contributed by atoms with Crippen LogP contribution in [0.5, 0.6) is 11.5 Å². The molecule has 0 aromatic heterocycles. The molecule has 0 aliphatic carbocycles. The van der Waals surface area contributed by atoms with Gasteiger partial charge in [-0.3, -0.25) is 0 Å². The van der Waals surface area contributed by atoms with E-state index in [4.69, 9.17) is 33.0 Å². The summed E-state index contributed by atoms with van der Waals surface area (Å²) in [7, 11) is -8.05. The summed E-state index contributed by atoms with van der Waals surface area (Å²) in [5.41, 5.74) is 0. The van der Waals surface area contributed by atoms with E-state index in [1.807, 2.05) is 5.32 Å². The van der Waals surface area contributed by atoms with Gasteiger partial charge >= 0.3 is 6.09 Å². The first-order valence-corrected chi connectivity index (χ1v) is 13.7. The largest absolute Gasteiger partial charge is 0.465 e. The second-order valence-corrected chi connectivity index (χ2v) is 12.1. The molecule has 0 saturated carbocycles. The SMILES string of the molecule is O=C(O)NC(CS(=O)(=O)c1ccc(Cl)cc1)CS(=O)(=O)c1ccc(Oc2ccc(Cl)cc2)cc1. The van der Waals surface area contributed by atoms with Crippen molar-refractivity contribution in [1.29, 1.82) is 0 Å². The number of benzene rings is 3. The highest BCUT2D eigenvalue weighted by atomic mass is 35.5. The van der Waals surface area contributed by atoms with Crippen LogP contribution in [0.25, 0.3) is 0 Å². The van der Waals surface area contributed by atoms with Crippen molar-refractivity contribution in [2.24, 2.45) is 0 Å². The molecule has 3 rings (SSSR count). The maximum Gasteiger partial charge on any atom is 0.404 e. The molecule has 0 bridgehead atoms. The zero-order valence-electron chi connectivity index (χ0n) is 17.4. The average molecular weight is 544 g/mol. The minimum absolute atomic E-state index is 0.102. The van der Waals surface area contributed by atoms with Gasteiger partial charge in [0.05, 0.1) is 27.3 Å². The van der Waals surface area contributed by atoms with Crippen molar-refractivity contribution in [3.8, 4) is 11.5 Å². The van der Waals surface area contributed by atoms with E-state index >= 15 is 0 Å². The van der Waals surface area contributed by atoms with Gasteiger partial charge in [-0.1, -0.05) is 23.2 Å². The maximum atomic E-state index is 12.9. The van der Waals surface area contributed by atoms with E-state index in [-0.39, 0.29) is 9.79 Å². The van der Waals surface area contributed by atoms with Crippen molar-refractivity contribution < 1.29 is 31.5 Å². The van der Waals surface area contributed by atoms with Crippen molar-refractivity contribution in [2.75, 3.05) is 11.5 Å². The molecule has 8 nitrogen and oxygen atoms in total. The number of sulfone groups is 2. The lowest BCUT2D eigenvalue weighted by molar-refractivity contribution is 0.192. The molecule has 2 N–H and O–H groups in total. The number of carboxylic acid groups (broad SMARTS) is 1. The van der Waals surface area contributed by atoms with Crippen LogP contribution in [0.1, 0.15) is 0 Å². The first-order chi connectivity index (χ1) is 15.9. The van der Waals surface area contributed by atoms with E-state index in [1.165, 1.54) is 48.5 Å². The molecule has 12 heteroatoms. The number of carbonyl (C=O) groups is 1. The summed E-state index contributed by atoms with van der Waals surface area (Å²) < 4.78 is 56.8. The number of amides is 1. The van der Waals surface area contributed by atoms with Crippen LogP contribution in [-0.2, 0) is 19.7 Å². The Kier molecular flexibility index (Phi) is 8.09. The van der Waals surface area contributed by atoms with Gasteiger partial charge < -0.3 is 15.2 Å². The Bertz CT molecular complexity index is 1360. The van der Waals surface area contributed by atoms with E-state index in [0.29, 0.717) is 21.5 Å². The maximum absolute atomic E-state index is 12.9. The summed E-state index contributed by atoms with van der Waals surface area (Å²) in [5.74, 6) is -0.647. The van der Waals surface area contributed by atoms with E-state index in [2.05, 4.69) is 0 Å². The molecule has 3 aromatic carbocycles. The highest BCUT2D eigenvalue weighted by Crippen LogP contribution is 2.25. The lowest BCUT2D eigenvalue weighted by atomic mass is 10.3. The van der Waals surface area contributed by atoms with Crippen LogP contribution in [-0.4, -0.2) is 45.6 Å². The molecule has 1 amide bonds. The minimum Gasteiger partial charge on any atom is -0.465 e. The molecule has 0 radical (unpaired) electrons. The smallest absolute Gasteiger partial charge is 0.404 e. The Morgan fingerprint density at radius 3 is 1.50 bits per heavy atom. The predicted molar refractivity (Wildman–Crippen MR) is 128 cm³/mol. The fraction of sp³-hybridized carbons (Fsp3) is 0.136. The summed E-state index contributed by atoms with van der Waals surface area (Å²) in [6.45, 7) is 0. The van der Waals surface area contributed by atoms with Crippen LogP contribution in [0, 0.1) is 0 Å². The molecule has 3 aromatic rings. The third-order valence-corrected chi connectivity index (χ3v) is 8.74. The Balaban J connectivity index is 1.76. The fourth-order valence-electron chi connectivity index (χ4n) is 3.02. The van der Waals surface area contributed by atoms with Crippen LogP contribution in [0.3, 0.4) is 0 Å². The van der Waals surface area contributed by atoms with Crippen LogP contribution in [0.4, 0.5) is 4.79 Å². The molecule has 180 valence electrons. The first-order valence-electron chi connectivity index (χ1n) is 9.69. The summed E-state index contributed by atoms with van der Waals surface area (Å²) >= 11 is 11.6. The van der Waals surface area contributed by atoms with Crippen LogP contribution < -0.4 is 10.1 Å². The van der Waals surface area contributed by atoms with Crippen molar-refractivity contribution in [2.45, 2.75) is 15.8 Å². The average Bonchev–Trinajstić information content (AvgIpc) is 2.75. The molecule has 0 saturated heterocycles. The Morgan fingerprint density at radius 2 is 1.09 bits per heavy atom. The molecule has 1 unspecified atom stereocenters. The van der Waals surface area contributed by atoms with Crippen LogP contribution in [0.2, 0.25) is 10.0 Å². The molecule has 1 atom stereocenters. The van der Waals surface area contributed by atoms with Gasteiger partial charge in [0, 0.05) is 10.0 Å². The molecule has 0 aliphatic heterocycles. The topological polar surface area (TPSA) is 127 Å². The Morgan fingerprint density at radius 1 is 0.735 bits per heavy atom. The van der Waals surface area contributed by atoms with Gasteiger partial charge in [0.15, 0.2) is 19.7 Å². The molecule has 34 heavy (non-hydrogen) atoms. The quantitative estimate of drug-likeness (QED) is 0.401. The molecular formula is C22H19Cl2NO7S2. The monoisotopic (exact) mass is 543 g/mol. The van der Waals surface area contributed by atoms with Gasteiger partial charge in [-0.2, -0.15) is 0 Å². The van der Waals surface area contributed by atoms with Gasteiger partial charge in [0.25, 0.3) is 0 Å². The highest BCUT2D eigenvalue weighted by Gasteiger charge is 2.28. The predicted octanol–water partition coefficient (Wildman–Crippen LogP) is 4.67. The van der Waals surface area contributed by atoms with E-state index in [9.17, 15) is 21.6 Å². The van der Waals surface area contributed by atoms with Crippen molar-refractivity contribution in [3.63, 3.8) is 0 Å². The zero-order valence-corrected chi connectivity index (χ0v) is 20.5. The summed E-state index contributed by atoms with van der Waals surface area (Å²) in [4.78, 5) is 11.0. The van der Waals surface area contributed by atoms with Crippen LogP contribution in [0.15, 0.2) is 82.6 Å². The van der Waals surface area contributed by atoms with Gasteiger partial charge in [-0.15, -0.1) is 0 Å². The number of hydrogen-bond donors (Lipinski definition) is 2. The van der Waals surface area contributed by atoms with Crippen molar-refractivity contribution in [3.05, 3.63) is 82.8 Å². The van der Waals surface area contributed by atoms with Gasteiger partial charge in [-0.25, -0.2) is 21.6 Å². The lowest BCUT2D eigenvalue weighted by Gasteiger charge is -2.17. The Labute approximate surface area is 206 Å². The van der Waals surface area contributed by atoms with Gasteiger partial charge in [0.1, 0.15) is 11.5 Å². The van der Waals surface area contributed by atoms with E-state index < -0.39 is 43.3 Å². The van der Waals surface area contributed by atoms with Crippen molar-refractivity contribution in [1.82, 2.24) is 5.32 Å². The highest BCUT2D eigenvalue weighted by molar-refractivity contribution is 7.92. The zero-order chi connectivity index (χ0) is 24.9. The fourth-order valence-corrected chi connectivity index (χ4v) is 6.37. The van der Waals surface area contributed by atoms with Gasteiger partial charge in [-0.05, 0) is 72.8 Å². The van der Waals surface area contributed by atoms with Crippen molar-refractivity contribution >= 4 is 49.0 Å². The number of ether oxygens (including phenoxy) is 1. The Hall–Kier alpha value is -2.79. The normalized spacial score (nSPS) is 12.6. The van der Waals surface area contributed by atoms with E-state index in [1.54, 1.807) is 24.3 Å². The molecular weight excluding hydrogens is 525 g/mol. The van der Waals surface area contributed by atoms with Crippen LogP contribution >= 0.6 is 23.2 Å². The molecule has 0 heterocycles. The summed E-state index contributed by atoms with van der Waals surface area (Å²) in [6.07, 6.45) is -1.54. The first kappa shape index (κ1) is 25.8. The second-order valence-electron chi connectivity index (χ2n) is 7.19. The third kappa shape index (κ3) is 7.10. The molecule has 0 fully saturated rings. The second kappa shape index (κ2) is 10.6. The summed E-state index contributed by atoms with van der Waals surface area (Å²) in [6, 6.07) is 15.9. The number of rotatable bonds is 9. The number of halogens is 2. The lowest BCUT2D eigenvalue weighted by Crippen LogP contribution is -2.43. The molecule has 0 aliphatic rings. The van der Waals surface area contributed by atoms with E-state index in [0.717, 1.165) is 0 Å². The molecule has 0 spiro atoms. The van der Waals surface area contributed by atoms with Gasteiger partial charge in [0.2, 0.25) is 0 Å².